The summed E-state index contributed by atoms with van der Waals surface area (Å²) in [6.07, 6.45) is 3.95. The Balaban J connectivity index is 1.52. The largest absolute Gasteiger partial charge is 0.350 e. The van der Waals surface area contributed by atoms with Gasteiger partial charge in [0.2, 0.25) is 0 Å². The van der Waals surface area contributed by atoms with E-state index < -0.39 is 0 Å². The molecule has 5 heteroatoms. The molecule has 1 aliphatic heterocycles. The molecule has 26 heavy (non-hydrogen) atoms. The quantitative estimate of drug-likeness (QED) is 0.864. The molecule has 0 bridgehead atoms. The molecule has 140 valence electrons. The Morgan fingerprint density at radius 1 is 1.15 bits per heavy atom. The number of carbonyl (C=O) groups is 1. The van der Waals surface area contributed by atoms with Crippen LogP contribution in [0.5, 0.6) is 0 Å². The van der Waals surface area contributed by atoms with Gasteiger partial charge in [-0.1, -0.05) is 18.6 Å². The lowest BCUT2D eigenvalue weighted by molar-refractivity contribution is 0.0947. The van der Waals surface area contributed by atoms with Crippen LogP contribution in [0.15, 0.2) is 30.3 Å². The number of piperidine rings is 1. The number of aryl methyl sites for hydroxylation is 2. The van der Waals surface area contributed by atoms with E-state index in [9.17, 15) is 4.79 Å². The van der Waals surface area contributed by atoms with E-state index in [-0.39, 0.29) is 11.9 Å². The zero-order chi connectivity index (χ0) is 18.5. The second-order valence-electron chi connectivity index (χ2n) is 7.46. The monoisotopic (exact) mass is 354 g/mol. The van der Waals surface area contributed by atoms with Crippen molar-refractivity contribution in [3.63, 3.8) is 0 Å². The first-order valence-electron chi connectivity index (χ1n) is 9.65. The van der Waals surface area contributed by atoms with Crippen molar-refractivity contribution in [1.29, 1.82) is 0 Å². The third-order valence-electron chi connectivity index (χ3n) is 5.09. The predicted molar refractivity (Wildman–Crippen MR) is 104 cm³/mol. The molecule has 3 rings (SSSR count). The normalized spacial score (nSPS) is 16.4. The number of carbonyl (C=O) groups excluding carboxylic acids is 1. The van der Waals surface area contributed by atoms with Crippen molar-refractivity contribution in [2.45, 2.75) is 52.6 Å². The topological polar surface area (TPSA) is 50.2 Å². The molecule has 1 saturated heterocycles. The number of hydrogen-bond donors (Lipinski definition) is 1. The van der Waals surface area contributed by atoms with Crippen LogP contribution < -0.4 is 5.32 Å². The van der Waals surface area contributed by atoms with E-state index in [2.05, 4.69) is 40.4 Å². The predicted octanol–water partition coefficient (Wildman–Crippen LogP) is 3.48. The number of nitrogens with one attached hydrogen (secondary N) is 1. The minimum atomic E-state index is -0.0251. The van der Waals surface area contributed by atoms with Crippen molar-refractivity contribution < 1.29 is 4.79 Å². The number of amides is 1. The molecule has 2 heterocycles. The lowest BCUT2D eigenvalue weighted by Gasteiger charge is -2.26. The highest BCUT2D eigenvalue weighted by Gasteiger charge is 2.13. The van der Waals surface area contributed by atoms with E-state index in [1.807, 2.05) is 30.7 Å². The molecule has 0 spiro atoms. The Morgan fingerprint density at radius 3 is 2.46 bits per heavy atom. The van der Waals surface area contributed by atoms with E-state index in [0.717, 1.165) is 17.9 Å². The maximum Gasteiger partial charge on any atom is 0.251 e. The molecule has 0 aliphatic carbocycles. The van der Waals surface area contributed by atoms with Gasteiger partial charge in [-0.05, 0) is 70.5 Å². The Labute approximate surface area is 156 Å². The van der Waals surface area contributed by atoms with E-state index in [1.165, 1.54) is 37.9 Å². The van der Waals surface area contributed by atoms with Crippen molar-refractivity contribution >= 4 is 5.91 Å². The summed E-state index contributed by atoms with van der Waals surface area (Å²) in [6.45, 7) is 10.0. The van der Waals surface area contributed by atoms with Crippen LogP contribution in [0.4, 0.5) is 0 Å². The summed E-state index contributed by atoms with van der Waals surface area (Å²) in [7, 11) is 0. The van der Waals surface area contributed by atoms with Crippen LogP contribution in [0.2, 0.25) is 0 Å². The summed E-state index contributed by atoms with van der Waals surface area (Å²) >= 11 is 0. The zero-order valence-corrected chi connectivity index (χ0v) is 16.2. The van der Waals surface area contributed by atoms with Gasteiger partial charge in [0.05, 0.1) is 11.7 Å². The van der Waals surface area contributed by atoms with Gasteiger partial charge in [0, 0.05) is 24.3 Å². The summed E-state index contributed by atoms with van der Waals surface area (Å²) in [5.41, 5.74) is 4.11. The highest BCUT2D eigenvalue weighted by molar-refractivity contribution is 5.94. The van der Waals surface area contributed by atoms with Crippen LogP contribution in [0, 0.1) is 13.8 Å². The number of rotatable bonds is 6. The van der Waals surface area contributed by atoms with Gasteiger partial charge >= 0.3 is 0 Å². The van der Waals surface area contributed by atoms with E-state index >= 15 is 0 Å². The van der Waals surface area contributed by atoms with Crippen molar-refractivity contribution in [3.05, 3.63) is 52.8 Å². The minimum absolute atomic E-state index is 0.0251. The highest BCUT2D eigenvalue weighted by Crippen LogP contribution is 2.14. The third kappa shape index (κ3) is 4.73. The van der Waals surface area contributed by atoms with Crippen LogP contribution >= 0.6 is 0 Å². The first-order valence-corrected chi connectivity index (χ1v) is 9.65. The van der Waals surface area contributed by atoms with Gasteiger partial charge in [0.15, 0.2) is 0 Å². The van der Waals surface area contributed by atoms with Gasteiger partial charge in [-0.25, -0.2) is 0 Å². The van der Waals surface area contributed by atoms with Crippen LogP contribution in [-0.4, -0.2) is 40.2 Å². The fraction of sp³-hybridized carbons (Fsp3) is 0.524. The van der Waals surface area contributed by atoms with Gasteiger partial charge in [0.25, 0.3) is 5.91 Å². The molecule has 0 radical (unpaired) electrons. The summed E-state index contributed by atoms with van der Waals surface area (Å²) in [5, 5.41) is 7.51. The van der Waals surface area contributed by atoms with Gasteiger partial charge in [0.1, 0.15) is 0 Å². The lowest BCUT2D eigenvalue weighted by atomic mass is 10.1. The summed E-state index contributed by atoms with van der Waals surface area (Å²) < 4.78 is 1.97. The molecule has 5 nitrogen and oxygen atoms in total. The average molecular weight is 354 g/mol. The van der Waals surface area contributed by atoms with E-state index in [4.69, 9.17) is 0 Å². The molecule has 1 aliphatic rings. The molecule has 1 fully saturated rings. The maximum absolute atomic E-state index is 12.4. The fourth-order valence-electron chi connectivity index (χ4n) is 3.66. The Kier molecular flexibility index (Phi) is 6.09. The van der Waals surface area contributed by atoms with Gasteiger partial charge in [-0.15, -0.1) is 0 Å². The van der Waals surface area contributed by atoms with Crippen LogP contribution in [0.3, 0.4) is 0 Å². The molecule has 1 amide bonds. The first kappa shape index (κ1) is 18.6. The second kappa shape index (κ2) is 8.49. The summed E-state index contributed by atoms with van der Waals surface area (Å²) in [5.74, 6) is -0.0251. The molecule has 1 aromatic heterocycles. The second-order valence-corrected chi connectivity index (χ2v) is 7.46. The van der Waals surface area contributed by atoms with Gasteiger partial charge in [-0.2, -0.15) is 5.10 Å². The number of likely N-dealkylation sites (tertiary alicyclic amines) is 1. The molecule has 1 aromatic carbocycles. The minimum Gasteiger partial charge on any atom is -0.350 e. The number of aromatic nitrogens is 2. The standard InChI is InChI=1S/C21H30N4O/c1-16-13-17(2)25(23-16)18(3)14-22-21(26)20-9-7-19(8-10-20)15-24-11-5-4-6-12-24/h7-10,13,18H,4-6,11-12,14-15H2,1-3H3,(H,22,26)/t18-/m0/s1. The SMILES string of the molecule is Cc1cc(C)n([C@@H](C)CNC(=O)c2ccc(CN3CCCCC3)cc2)n1. The summed E-state index contributed by atoms with van der Waals surface area (Å²) in [4.78, 5) is 14.9. The van der Waals surface area contributed by atoms with Gasteiger partial charge < -0.3 is 5.32 Å². The molecular formula is C21H30N4O. The molecule has 1 N–H and O–H groups in total. The van der Waals surface area contributed by atoms with Crippen LogP contribution in [0.1, 0.15) is 59.5 Å². The number of hydrogen-bond acceptors (Lipinski definition) is 3. The molecule has 2 aromatic rings. The Morgan fingerprint density at radius 2 is 1.85 bits per heavy atom. The maximum atomic E-state index is 12.4. The van der Waals surface area contributed by atoms with E-state index in [1.54, 1.807) is 0 Å². The van der Waals surface area contributed by atoms with Gasteiger partial charge in [-0.3, -0.25) is 14.4 Å². The van der Waals surface area contributed by atoms with Crippen molar-refractivity contribution in [3.8, 4) is 0 Å². The third-order valence-corrected chi connectivity index (χ3v) is 5.09. The average Bonchev–Trinajstić information content (AvgIpc) is 2.99. The molecule has 1 atom stereocenters. The summed E-state index contributed by atoms with van der Waals surface area (Å²) in [6, 6.07) is 10.2. The lowest BCUT2D eigenvalue weighted by Crippen LogP contribution is -2.30. The number of benzene rings is 1. The zero-order valence-electron chi connectivity index (χ0n) is 16.2. The van der Waals surface area contributed by atoms with Crippen LogP contribution in [-0.2, 0) is 6.54 Å². The molecule has 0 unspecified atom stereocenters. The van der Waals surface area contributed by atoms with Crippen LogP contribution in [0.25, 0.3) is 0 Å². The Hall–Kier alpha value is -2.14. The smallest absolute Gasteiger partial charge is 0.251 e. The first-order chi connectivity index (χ1) is 12.5. The number of nitrogens with zero attached hydrogens (tertiary/aromatic N) is 3. The molecular weight excluding hydrogens is 324 g/mol. The van der Waals surface area contributed by atoms with Crippen molar-refractivity contribution in [2.24, 2.45) is 0 Å². The Bertz CT molecular complexity index is 729. The molecule has 0 saturated carbocycles. The van der Waals surface area contributed by atoms with E-state index in [0.29, 0.717) is 12.1 Å². The fourth-order valence-corrected chi connectivity index (χ4v) is 3.66. The van der Waals surface area contributed by atoms with Crippen molar-refractivity contribution in [1.82, 2.24) is 20.0 Å². The highest BCUT2D eigenvalue weighted by atomic mass is 16.1. The van der Waals surface area contributed by atoms with Crippen molar-refractivity contribution in [2.75, 3.05) is 19.6 Å².